The van der Waals surface area contributed by atoms with Gasteiger partial charge in [0.15, 0.2) is 0 Å². The number of nitrogens with one attached hydrogen (secondary N) is 1. The van der Waals surface area contributed by atoms with Crippen molar-refractivity contribution in [3.63, 3.8) is 0 Å². The number of amides is 1. The van der Waals surface area contributed by atoms with Crippen LogP contribution in [0.3, 0.4) is 0 Å². The van der Waals surface area contributed by atoms with Crippen LogP contribution in [-0.2, 0) is 6.42 Å². The van der Waals surface area contributed by atoms with E-state index in [1.807, 2.05) is 60.7 Å². The molecule has 3 aromatic carbocycles. The summed E-state index contributed by atoms with van der Waals surface area (Å²) in [5, 5.41) is 14.3. The third-order valence-corrected chi connectivity index (χ3v) is 4.51. The predicted molar refractivity (Wildman–Crippen MR) is 106 cm³/mol. The first-order chi connectivity index (χ1) is 13.8. The van der Waals surface area contributed by atoms with Crippen molar-refractivity contribution in [1.82, 2.24) is 25.5 Å². The van der Waals surface area contributed by atoms with Crippen molar-refractivity contribution in [2.24, 2.45) is 0 Å². The Morgan fingerprint density at radius 1 is 0.929 bits per heavy atom. The fourth-order valence-corrected chi connectivity index (χ4v) is 3.10. The van der Waals surface area contributed by atoms with Gasteiger partial charge in [-0.25, -0.2) is 4.68 Å². The van der Waals surface area contributed by atoms with Crippen LogP contribution in [0.1, 0.15) is 27.5 Å². The van der Waals surface area contributed by atoms with Crippen LogP contribution < -0.4 is 5.32 Å². The van der Waals surface area contributed by atoms with E-state index < -0.39 is 0 Å². The van der Waals surface area contributed by atoms with Crippen LogP contribution in [-0.4, -0.2) is 26.1 Å². The largest absolute Gasteiger partial charge is 0.345 e. The number of benzene rings is 3. The molecule has 0 saturated carbocycles. The average molecular weight is 369 g/mol. The molecular formula is C22H19N5O. The molecular weight excluding hydrogens is 350 g/mol. The summed E-state index contributed by atoms with van der Waals surface area (Å²) in [6.45, 7) is 0. The summed E-state index contributed by atoms with van der Waals surface area (Å²) in [6, 6.07) is 27.3. The first-order valence-corrected chi connectivity index (χ1v) is 9.03. The molecule has 0 fully saturated rings. The molecule has 0 spiro atoms. The van der Waals surface area contributed by atoms with Gasteiger partial charge in [-0.1, -0.05) is 66.7 Å². The lowest BCUT2D eigenvalue weighted by atomic mass is 9.98. The molecule has 0 aliphatic rings. The molecule has 4 aromatic rings. The molecule has 1 amide bonds. The molecule has 0 saturated heterocycles. The molecule has 1 aromatic heterocycles. The molecule has 6 heteroatoms. The number of nitrogens with zero attached hydrogens (tertiary/aromatic N) is 4. The molecule has 0 radical (unpaired) electrons. The zero-order valence-electron chi connectivity index (χ0n) is 15.1. The van der Waals surface area contributed by atoms with Gasteiger partial charge in [-0.2, -0.15) is 0 Å². The molecule has 1 N–H and O–H groups in total. The highest BCUT2D eigenvalue weighted by molar-refractivity contribution is 5.95. The Bertz CT molecular complexity index is 1030. The zero-order chi connectivity index (χ0) is 19.2. The van der Waals surface area contributed by atoms with Gasteiger partial charge in [-0.15, -0.1) is 5.10 Å². The quantitative estimate of drug-likeness (QED) is 0.565. The summed E-state index contributed by atoms with van der Waals surface area (Å²) in [5.41, 5.74) is 3.52. The molecule has 6 nitrogen and oxygen atoms in total. The SMILES string of the molecule is O=C(NC(Cc1ccccc1)c1ccccc1)c1cccc(-n2cnnn2)c1. The van der Waals surface area contributed by atoms with Gasteiger partial charge < -0.3 is 5.32 Å². The fourth-order valence-electron chi connectivity index (χ4n) is 3.10. The van der Waals surface area contributed by atoms with Gasteiger partial charge in [0.25, 0.3) is 5.91 Å². The van der Waals surface area contributed by atoms with Crippen molar-refractivity contribution >= 4 is 5.91 Å². The number of carbonyl (C=O) groups excluding carboxylic acids is 1. The summed E-state index contributed by atoms with van der Waals surface area (Å²) in [4.78, 5) is 13.0. The number of tetrazole rings is 1. The minimum atomic E-state index is -0.139. The third kappa shape index (κ3) is 4.12. The Hall–Kier alpha value is -3.80. The lowest BCUT2D eigenvalue weighted by Gasteiger charge is -2.20. The van der Waals surface area contributed by atoms with E-state index in [1.54, 1.807) is 12.1 Å². The molecule has 0 aliphatic carbocycles. The maximum absolute atomic E-state index is 13.0. The van der Waals surface area contributed by atoms with Gasteiger partial charge in [0.1, 0.15) is 6.33 Å². The van der Waals surface area contributed by atoms with E-state index in [0.29, 0.717) is 12.0 Å². The van der Waals surface area contributed by atoms with Gasteiger partial charge in [0.05, 0.1) is 11.7 Å². The van der Waals surface area contributed by atoms with E-state index in [1.165, 1.54) is 16.6 Å². The standard InChI is InChI=1S/C22H19N5O/c28-22(19-12-7-13-20(15-19)27-16-23-25-26-27)24-21(18-10-5-2-6-11-18)14-17-8-3-1-4-9-17/h1-13,15-16,21H,14H2,(H,24,28). The van der Waals surface area contributed by atoms with E-state index in [4.69, 9.17) is 0 Å². The van der Waals surface area contributed by atoms with Crippen LogP contribution in [0.2, 0.25) is 0 Å². The van der Waals surface area contributed by atoms with Gasteiger partial charge in [-0.3, -0.25) is 4.79 Å². The van der Waals surface area contributed by atoms with Crippen molar-refractivity contribution in [2.45, 2.75) is 12.5 Å². The lowest BCUT2D eigenvalue weighted by molar-refractivity contribution is 0.0936. The molecule has 4 rings (SSSR count). The monoisotopic (exact) mass is 369 g/mol. The van der Waals surface area contributed by atoms with Gasteiger partial charge >= 0.3 is 0 Å². The van der Waals surface area contributed by atoms with E-state index in [0.717, 1.165) is 11.3 Å². The number of hydrogen-bond acceptors (Lipinski definition) is 4. The minimum Gasteiger partial charge on any atom is -0.345 e. The van der Waals surface area contributed by atoms with Crippen molar-refractivity contribution < 1.29 is 4.79 Å². The van der Waals surface area contributed by atoms with E-state index in [2.05, 4.69) is 33.0 Å². The van der Waals surface area contributed by atoms with Crippen LogP contribution >= 0.6 is 0 Å². The van der Waals surface area contributed by atoms with E-state index in [-0.39, 0.29) is 11.9 Å². The van der Waals surface area contributed by atoms with Crippen molar-refractivity contribution in [1.29, 1.82) is 0 Å². The number of carbonyl (C=O) groups is 1. The highest BCUT2D eigenvalue weighted by atomic mass is 16.1. The van der Waals surface area contributed by atoms with Crippen molar-refractivity contribution in [3.05, 3.63) is 108 Å². The third-order valence-electron chi connectivity index (χ3n) is 4.51. The molecule has 0 bridgehead atoms. The van der Waals surface area contributed by atoms with Gasteiger partial charge in [0.2, 0.25) is 0 Å². The van der Waals surface area contributed by atoms with Crippen LogP contribution in [0.5, 0.6) is 0 Å². The Labute approximate surface area is 162 Å². The Morgan fingerprint density at radius 3 is 2.39 bits per heavy atom. The van der Waals surface area contributed by atoms with E-state index in [9.17, 15) is 4.79 Å². The average Bonchev–Trinajstić information content (AvgIpc) is 3.30. The van der Waals surface area contributed by atoms with Crippen LogP contribution in [0, 0.1) is 0 Å². The molecule has 1 unspecified atom stereocenters. The Balaban J connectivity index is 1.58. The first kappa shape index (κ1) is 17.6. The second kappa shape index (κ2) is 8.26. The summed E-state index contributed by atoms with van der Waals surface area (Å²) in [6.07, 6.45) is 2.21. The molecule has 28 heavy (non-hydrogen) atoms. The summed E-state index contributed by atoms with van der Waals surface area (Å²) in [5.74, 6) is -0.139. The second-order valence-electron chi connectivity index (χ2n) is 6.43. The highest BCUT2D eigenvalue weighted by Crippen LogP contribution is 2.19. The first-order valence-electron chi connectivity index (χ1n) is 9.03. The normalized spacial score (nSPS) is 11.7. The van der Waals surface area contributed by atoms with Crippen molar-refractivity contribution in [3.8, 4) is 5.69 Å². The van der Waals surface area contributed by atoms with Crippen LogP contribution in [0.4, 0.5) is 0 Å². The van der Waals surface area contributed by atoms with E-state index >= 15 is 0 Å². The summed E-state index contributed by atoms with van der Waals surface area (Å²) in [7, 11) is 0. The number of rotatable bonds is 6. The summed E-state index contributed by atoms with van der Waals surface area (Å²) >= 11 is 0. The van der Waals surface area contributed by atoms with Crippen molar-refractivity contribution in [2.75, 3.05) is 0 Å². The minimum absolute atomic E-state index is 0.132. The predicted octanol–water partition coefficient (Wildman–Crippen LogP) is 3.38. The highest BCUT2D eigenvalue weighted by Gasteiger charge is 2.17. The lowest BCUT2D eigenvalue weighted by Crippen LogP contribution is -2.30. The maximum Gasteiger partial charge on any atom is 0.251 e. The van der Waals surface area contributed by atoms with Gasteiger partial charge in [0, 0.05) is 5.56 Å². The zero-order valence-corrected chi connectivity index (χ0v) is 15.1. The fraction of sp³-hybridized carbons (Fsp3) is 0.0909. The number of aromatic nitrogens is 4. The van der Waals surface area contributed by atoms with Gasteiger partial charge in [-0.05, 0) is 46.2 Å². The molecule has 138 valence electrons. The van der Waals surface area contributed by atoms with Crippen LogP contribution in [0.25, 0.3) is 5.69 Å². The topological polar surface area (TPSA) is 72.7 Å². The molecule has 1 atom stereocenters. The van der Waals surface area contributed by atoms with Crippen LogP contribution in [0.15, 0.2) is 91.3 Å². The molecule has 1 heterocycles. The number of hydrogen-bond donors (Lipinski definition) is 1. The Morgan fingerprint density at radius 2 is 1.68 bits per heavy atom. The maximum atomic E-state index is 13.0. The smallest absolute Gasteiger partial charge is 0.251 e. The Kier molecular flexibility index (Phi) is 5.20. The summed E-state index contributed by atoms with van der Waals surface area (Å²) < 4.78 is 1.52. The molecule has 0 aliphatic heterocycles. The second-order valence-corrected chi connectivity index (χ2v) is 6.43.